The summed E-state index contributed by atoms with van der Waals surface area (Å²) in [6, 6.07) is 4.97. The second-order valence-electron chi connectivity index (χ2n) is 6.17. The standard InChI is InChI=1S/C15H18Cl2N2O2/c1-15(2,3)18-13(20)10-6-7-19(14(10)21)12-5-4-9(16)8-11(12)17/h4-5,8,10H,6-7H2,1-3H3,(H,18,20). The first-order valence-corrected chi connectivity index (χ1v) is 7.53. The van der Waals surface area contributed by atoms with E-state index in [0.29, 0.717) is 28.7 Å². The van der Waals surface area contributed by atoms with E-state index in [1.807, 2.05) is 20.8 Å². The van der Waals surface area contributed by atoms with Gasteiger partial charge in [0.15, 0.2) is 0 Å². The molecule has 0 aliphatic carbocycles. The first kappa shape index (κ1) is 16.1. The Hall–Kier alpha value is -1.26. The van der Waals surface area contributed by atoms with Gasteiger partial charge in [-0.15, -0.1) is 0 Å². The van der Waals surface area contributed by atoms with Crippen LogP contribution < -0.4 is 10.2 Å². The monoisotopic (exact) mass is 328 g/mol. The molecule has 1 heterocycles. The van der Waals surface area contributed by atoms with Crippen LogP contribution in [0.1, 0.15) is 27.2 Å². The smallest absolute Gasteiger partial charge is 0.239 e. The SMILES string of the molecule is CC(C)(C)NC(=O)C1CCN(c2ccc(Cl)cc2Cl)C1=O. The van der Waals surface area contributed by atoms with E-state index in [9.17, 15) is 9.59 Å². The zero-order chi connectivity index (χ0) is 15.8. The molecule has 0 spiro atoms. The molecule has 114 valence electrons. The number of nitrogens with one attached hydrogen (secondary N) is 1. The van der Waals surface area contributed by atoms with E-state index < -0.39 is 5.92 Å². The summed E-state index contributed by atoms with van der Waals surface area (Å²) in [7, 11) is 0. The second kappa shape index (κ2) is 5.85. The molecule has 2 rings (SSSR count). The highest BCUT2D eigenvalue weighted by Crippen LogP contribution is 2.33. The highest BCUT2D eigenvalue weighted by atomic mass is 35.5. The Morgan fingerprint density at radius 1 is 1.33 bits per heavy atom. The van der Waals surface area contributed by atoms with Gasteiger partial charge in [0.05, 0.1) is 10.7 Å². The van der Waals surface area contributed by atoms with Gasteiger partial charge in [-0.3, -0.25) is 9.59 Å². The summed E-state index contributed by atoms with van der Waals surface area (Å²) in [4.78, 5) is 26.2. The Kier molecular flexibility index (Phi) is 4.49. The summed E-state index contributed by atoms with van der Waals surface area (Å²) in [5.74, 6) is -1.11. The second-order valence-corrected chi connectivity index (χ2v) is 7.01. The zero-order valence-corrected chi connectivity index (χ0v) is 13.8. The summed E-state index contributed by atoms with van der Waals surface area (Å²) in [5.41, 5.74) is 0.236. The van der Waals surface area contributed by atoms with E-state index in [-0.39, 0.29) is 17.4 Å². The predicted molar refractivity (Wildman–Crippen MR) is 84.8 cm³/mol. The highest BCUT2D eigenvalue weighted by Gasteiger charge is 2.39. The number of carbonyl (C=O) groups excluding carboxylic acids is 2. The molecule has 0 bridgehead atoms. The van der Waals surface area contributed by atoms with E-state index in [1.165, 1.54) is 0 Å². The molecule has 1 aliphatic heterocycles. The number of benzene rings is 1. The van der Waals surface area contributed by atoms with Crippen LogP contribution >= 0.6 is 23.2 Å². The average molecular weight is 329 g/mol. The van der Waals surface area contributed by atoms with Crippen molar-refractivity contribution in [1.29, 1.82) is 0 Å². The lowest BCUT2D eigenvalue weighted by Gasteiger charge is -2.23. The van der Waals surface area contributed by atoms with E-state index >= 15 is 0 Å². The van der Waals surface area contributed by atoms with Crippen molar-refractivity contribution in [2.45, 2.75) is 32.7 Å². The summed E-state index contributed by atoms with van der Waals surface area (Å²) in [6.45, 7) is 6.14. The number of anilines is 1. The van der Waals surface area contributed by atoms with Gasteiger partial charge in [-0.25, -0.2) is 0 Å². The van der Waals surface area contributed by atoms with Gasteiger partial charge in [0.1, 0.15) is 5.92 Å². The van der Waals surface area contributed by atoms with Gasteiger partial charge >= 0.3 is 0 Å². The number of hydrogen-bond donors (Lipinski definition) is 1. The topological polar surface area (TPSA) is 49.4 Å². The molecule has 1 N–H and O–H groups in total. The molecule has 1 fully saturated rings. The van der Waals surface area contributed by atoms with Gasteiger partial charge in [-0.05, 0) is 45.4 Å². The number of amides is 2. The van der Waals surface area contributed by atoms with E-state index in [0.717, 1.165) is 0 Å². The van der Waals surface area contributed by atoms with Crippen LogP contribution in [0.3, 0.4) is 0 Å². The van der Waals surface area contributed by atoms with Crippen molar-refractivity contribution in [3.05, 3.63) is 28.2 Å². The molecular formula is C15H18Cl2N2O2. The van der Waals surface area contributed by atoms with E-state index in [4.69, 9.17) is 23.2 Å². The first-order valence-electron chi connectivity index (χ1n) is 6.77. The maximum Gasteiger partial charge on any atom is 0.239 e. The molecule has 1 aromatic rings. The van der Waals surface area contributed by atoms with Gasteiger partial charge in [0.2, 0.25) is 11.8 Å². The molecule has 21 heavy (non-hydrogen) atoms. The lowest BCUT2D eigenvalue weighted by Crippen LogP contribution is -2.45. The van der Waals surface area contributed by atoms with Gasteiger partial charge in [-0.2, -0.15) is 0 Å². The number of rotatable bonds is 2. The third-order valence-corrected chi connectivity index (χ3v) is 3.76. The molecule has 4 nitrogen and oxygen atoms in total. The zero-order valence-electron chi connectivity index (χ0n) is 12.2. The Labute approximate surface area is 134 Å². The normalized spacial score (nSPS) is 19.0. The van der Waals surface area contributed by atoms with Gasteiger partial charge in [-0.1, -0.05) is 23.2 Å². The minimum atomic E-state index is -0.657. The molecule has 6 heteroatoms. The predicted octanol–water partition coefficient (Wildman–Crippen LogP) is 3.26. The molecular weight excluding hydrogens is 311 g/mol. The summed E-state index contributed by atoms with van der Waals surface area (Å²) in [6.07, 6.45) is 0.486. The fourth-order valence-electron chi connectivity index (χ4n) is 2.32. The average Bonchev–Trinajstić information content (AvgIpc) is 2.69. The maximum absolute atomic E-state index is 12.4. The van der Waals surface area contributed by atoms with Crippen molar-refractivity contribution in [1.82, 2.24) is 5.32 Å². The number of carbonyl (C=O) groups is 2. The third kappa shape index (κ3) is 3.69. The highest BCUT2D eigenvalue weighted by molar-refractivity contribution is 6.37. The minimum absolute atomic E-state index is 0.221. The molecule has 1 unspecified atom stereocenters. The molecule has 0 saturated carbocycles. The Morgan fingerprint density at radius 2 is 2.00 bits per heavy atom. The van der Waals surface area contributed by atoms with Crippen molar-refractivity contribution in [2.24, 2.45) is 5.92 Å². The van der Waals surface area contributed by atoms with Gasteiger partial charge in [0.25, 0.3) is 0 Å². The third-order valence-electron chi connectivity index (χ3n) is 3.22. The molecule has 0 aromatic heterocycles. The van der Waals surface area contributed by atoms with Crippen LogP contribution in [-0.2, 0) is 9.59 Å². The van der Waals surface area contributed by atoms with Crippen molar-refractivity contribution in [3.63, 3.8) is 0 Å². The molecule has 2 amide bonds. The van der Waals surface area contributed by atoms with E-state index in [2.05, 4.69) is 5.32 Å². The Morgan fingerprint density at radius 3 is 2.57 bits per heavy atom. The van der Waals surface area contributed by atoms with Crippen LogP contribution in [0.2, 0.25) is 10.0 Å². The van der Waals surface area contributed by atoms with Crippen LogP contribution in [0, 0.1) is 5.92 Å². The summed E-state index contributed by atoms with van der Waals surface area (Å²) < 4.78 is 0. The summed E-state index contributed by atoms with van der Waals surface area (Å²) in [5, 5.41) is 3.77. The summed E-state index contributed by atoms with van der Waals surface area (Å²) >= 11 is 12.0. The van der Waals surface area contributed by atoms with Crippen LogP contribution in [0.25, 0.3) is 0 Å². The van der Waals surface area contributed by atoms with Crippen LogP contribution in [0.15, 0.2) is 18.2 Å². The lowest BCUT2D eigenvalue weighted by molar-refractivity contribution is -0.133. The van der Waals surface area contributed by atoms with Crippen LogP contribution in [0.5, 0.6) is 0 Å². The Bertz CT molecular complexity index is 582. The molecule has 1 aliphatic rings. The van der Waals surface area contributed by atoms with Crippen molar-refractivity contribution < 1.29 is 9.59 Å². The quantitative estimate of drug-likeness (QED) is 0.847. The Balaban J connectivity index is 2.16. The van der Waals surface area contributed by atoms with E-state index in [1.54, 1.807) is 23.1 Å². The molecule has 0 radical (unpaired) electrons. The van der Waals surface area contributed by atoms with Crippen molar-refractivity contribution in [3.8, 4) is 0 Å². The first-order chi connectivity index (χ1) is 9.69. The maximum atomic E-state index is 12.4. The van der Waals surface area contributed by atoms with Crippen LogP contribution in [-0.4, -0.2) is 23.9 Å². The number of nitrogens with zero attached hydrogens (tertiary/aromatic N) is 1. The van der Waals surface area contributed by atoms with Crippen LogP contribution in [0.4, 0.5) is 5.69 Å². The number of hydrogen-bond acceptors (Lipinski definition) is 2. The largest absolute Gasteiger partial charge is 0.351 e. The lowest BCUT2D eigenvalue weighted by atomic mass is 10.0. The molecule has 1 atom stereocenters. The molecule has 1 aromatic carbocycles. The fourth-order valence-corrected chi connectivity index (χ4v) is 2.83. The fraction of sp³-hybridized carbons (Fsp3) is 0.467. The number of halogens is 2. The van der Waals surface area contributed by atoms with Gasteiger partial charge in [0, 0.05) is 17.1 Å². The minimum Gasteiger partial charge on any atom is -0.351 e. The van der Waals surface area contributed by atoms with Gasteiger partial charge < -0.3 is 10.2 Å². The van der Waals surface area contributed by atoms with Crippen molar-refractivity contribution in [2.75, 3.05) is 11.4 Å². The molecule has 1 saturated heterocycles. The van der Waals surface area contributed by atoms with Crippen molar-refractivity contribution >= 4 is 40.7 Å².